The summed E-state index contributed by atoms with van der Waals surface area (Å²) in [5.41, 5.74) is 0.868. The third-order valence-electron chi connectivity index (χ3n) is 3.12. The van der Waals surface area contributed by atoms with E-state index in [9.17, 15) is 9.90 Å². The van der Waals surface area contributed by atoms with E-state index in [2.05, 4.69) is 15.9 Å². The van der Waals surface area contributed by atoms with Gasteiger partial charge in [0.15, 0.2) is 11.5 Å². The predicted molar refractivity (Wildman–Crippen MR) is 77.1 cm³/mol. The van der Waals surface area contributed by atoms with Crippen LogP contribution < -0.4 is 9.47 Å². The number of carboxylic acid groups (broad SMARTS) is 1. The van der Waals surface area contributed by atoms with Crippen molar-refractivity contribution < 1.29 is 19.4 Å². The first kappa shape index (κ1) is 15.8. The maximum atomic E-state index is 11.2. The molecule has 0 aliphatic carbocycles. The molecule has 0 saturated carbocycles. The maximum absolute atomic E-state index is 11.2. The highest BCUT2D eigenvalue weighted by Gasteiger charge is 2.30. The van der Waals surface area contributed by atoms with Crippen LogP contribution in [0.1, 0.15) is 25.0 Å². The molecule has 19 heavy (non-hydrogen) atoms. The van der Waals surface area contributed by atoms with Crippen molar-refractivity contribution >= 4 is 21.9 Å². The summed E-state index contributed by atoms with van der Waals surface area (Å²) in [6.07, 6.45) is 0.362. The van der Waals surface area contributed by atoms with Crippen molar-refractivity contribution in [2.45, 2.75) is 27.2 Å². The zero-order chi connectivity index (χ0) is 14.8. The second-order valence-electron chi connectivity index (χ2n) is 5.07. The molecule has 1 N–H and O–H groups in total. The Morgan fingerprint density at radius 1 is 1.32 bits per heavy atom. The van der Waals surface area contributed by atoms with Crippen LogP contribution >= 0.6 is 15.9 Å². The number of aliphatic carboxylic acids is 1. The maximum Gasteiger partial charge on any atom is 0.309 e. The molecule has 0 unspecified atom stereocenters. The minimum absolute atomic E-state index is 0.362. The van der Waals surface area contributed by atoms with E-state index in [1.54, 1.807) is 28.1 Å². The van der Waals surface area contributed by atoms with Crippen LogP contribution in [0.3, 0.4) is 0 Å². The molecule has 0 aliphatic rings. The molecule has 5 heteroatoms. The van der Waals surface area contributed by atoms with Gasteiger partial charge < -0.3 is 14.6 Å². The lowest BCUT2D eigenvalue weighted by Gasteiger charge is -2.22. The Balaban J connectivity index is 3.36. The zero-order valence-electron chi connectivity index (χ0n) is 11.8. The number of halogens is 1. The zero-order valence-corrected chi connectivity index (χ0v) is 13.4. The minimum Gasteiger partial charge on any atom is -0.493 e. The average molecular weight is 331 g/mol. The molecular weight excluding hydrogens is 312 g/mol. The number of hydrogen-bond acceptors (Lipinski definition) is 3. The predicted octanol–water partition coefficient (Wildman–Crippen LogP) is 3.43. The smallest absolute Gasteiger partial charge is 0.309 e. The van der Waals surface area contributed by atoms with Crippen LogP contribution in [0.5, 0.6) is 11.5 Å². The summed E-state index contributed by atoms with van der Waals surface area (Å²) in [6, 6.07) is 1.89. The fourth-order valence-electron chi connectivity index (χ4n) is 1.90. The number of benzene rings is 1. The summed E-state index contributed by atoms with van der Waals surface area (Å²) in [6.45, 7) is 5.29. The lowest BCUT2D eigenvalue weighted by Crippen LogP contribution is -2.26. The van der Waals surface area contributed by atoms with E-state index in [4.69, 9.17) is 9.47 Å². The molecule has 1 aromatic carbocycles. The van der Waals surface area contributed by atoms with Gasteiger partial charge in [-0.1, -0.05) is 15.9 Å². The lowest BCUT2D eigenvalue weighted by atomic mass is 9.85. The summed E-state index contributed by atoms with van der Waals surface area (Å²) < 4.78 is 11.6. The van der Waals surface area contributed by atoms with Crippen LogP contribution in [0.15, 0.2) is 10.5 Å². The summed E-state index contributed by atoms with van der Waals surface area (Å²) in [5.74, 6) is 0.385. The topological polar surface area (TPSA) is 55.8 Å². The van der Waals surface area contributed by atoms with Crippen LogP contribution in [0, 0.1) is 12.3 Å². The van der Waals surface area contributed by atoms with Crippen LogP contribution in [0.2, 0.25) is 0 Å². The van der Waals surface area contributed by atoms with Gasteiger partial charge in [0.05, 0.1) is 19.6 Å². The Morgan fingerprint density at radius 2 is 1.84 bits per heavy atom. The molecular formula is C14H19BrO4. The SMILES string of the molecule is COc1c(CC(C)(C)C(=O)O)cc(Br)c(C)c1OC. The monoisotopic (exact) mass is 330 g/mol. The van der Waals surface area contributed by atoms with Gasteiger partial charge in [0.1, 0.15) is 0 Å². The average Bonchev–Trinajstić information content (AvgIpc) is 2.32. The molecule has 0 heterocycles. The van der Waals surface area contributed by atoms with Crippen molar-refractivity contribution in [2.24, 2.45) is 5.41 Å². The van der Waals surface area contributed by atoms with Crippen LogP contribution in [-0.4, -0.2) is 25.3 Å². The molecule has 4 nitrogen and oxygen atoms in total. The lowest BCUT2D eigenvalue weighted by molar-refractivity contribution is -0.146. The molecule has 0 saturated heterocycles. The van der Waals surface area contributed by atoms with Gasteiger partial charge in [-0.15, -0.1) is 0 Å². The molecule has 0 aromatic heterocycles. The number of carboxylic acids is 1. The second-order valence-corrected chi connectivity index (χ2v) is 5.93. The van der Waals surface area contributed by atoms with Gasteiger partial charge >= 0.3 is 5.97 Å². The summed E-state index contributed by atoms with van der Waals surface area (Å²) in [4.78, 5) is 11.2. The van der Waals surface area contributed by atoms with Gasteiger partial charge in [-0.25, -0.2) is 0 Å². The summed E-state index contributed by atoms with van der Waals surface area (Å²) >= 11 is 3.46. The van der Waals surface area contributed by atoms with Crippen LogP contribution in [0.25, 0.3) is 0 Å². The highest BCUT2D eigenvalue weighted by Crippen LogP contribution is 2.41. The Bertz CT molecular complexity index is 495. The molecule has 0 aliphatic heterocycles. The second kappa shape index (κ2) is 5.82. The summed E-state index contributed by atoms with van der Waals surface area (Å²) in [5, 5.41) is 9.23. The number of ether oxygens (including phenoxy) is 2. The number of methoxy groups -OCH3 is 2. The van der Waals surface area contributed by atoms with Gasteiger partial charge in [-0.2, -0.15) is 0 Å². The highest BCUT2D eigenvalue weighted by atomic mass is 79.9. The van der Waals surface area contributed by atoms with Crippen molar-refractivity contribution in [3.63, 3.8) is 0 Å². The molecule has 0 atom stereocenters. The van der Waals surface area contributed by atoms with Crippen molar-refractivity contribution in [2.75, 3.05) is 14.2 Å². The van der Waals surface area contributed by atoms with Crippen molar-refractivity contribution in [1.29, 1.82) is 0 Å². The van der Waals surface area contributed by atoms with E-state index in [-0.39, 0.29) is 0 Å². The van der Waals surface area contributed by atoms with E-state index >= 15 is 0 Å². The Hall–Kier alpha value is -1.23. The van der Waals surface area contributed by atoms with Crippen molar-refractivity contribution in [3.05, 3.63) is 21.7 Å². The molecule has 1 aromatic rings. The van der Waals surface area contributed by atoms with Crippen molar-refractivity contribution in [3.8, 4) is 11.5 Å². The first-order chi connectivity index (χ1) is 8.74. The van der Waals surface area contributed by atoms with E-state index < -0.39 is 11.4 Å². The largest absolute Gasteiger partial charge is 0.493 e. The van der Waals surface area contributed by atoms with Gasteiger partial charge in [0, 0.05) is 15.6 Å². The fraction of sp³-hybridized carbons (Fsp3) is 0.500. The molecule has 0 spiro atoms. The van der Waals surface area contributed by atoms with Gasteiger partial charge in [0.25, 0.3) is 0 Å². The molecule has 0 amide bonds. The van der Waals surface area contributed by atoms with Crippen molar-refractivity contribution in [1.82, 2.24) is 0 Å². The van der Waals surface area contributed by atoms with E-state index in [1.165, 1.54) is 0 Å². The summed E-state index contributed by atoms with van der Waals surface area (Å²) in [7, 11) is 3.13. The number of hydrogen-bond donors (Lipinski definition) is 1. The minimum atomic E-state index is -0.868. The molecule has 0 radical (unpaired) electrons. The Kier molecular flexibility index (Phi) is 4.85. The van der Waals surface area contributed by atoms with Crippen LogP contribution in [0.4, 0.5) is 0 Å². The molecule has 0 bridgehead atoms. The van der Waals surface area contributed by atoms with Gasteiger partial charge in [-0.3, -0.25) is 4.79 Å². The first-order valence-electron chi connectivity index (χ1n) is 5.88. The Labute approximate surface area is 121 Å². The highest BCUT2D eigenvalue weighted by molar-refractivity contribution is 9.10. The fourth-order valence-corrected chi connectivity index (χ4v) is 2.36. The van der Waals surface area contributed by atoms with Gasteiger partial charge in [-0.05, 0) is 33.3 Å². The normalized spacial score (nSPS) is 11.3. The third-order valence-corrected chi connectivity index (χ3v) is 3.94. The molecule has 1 rings (SSSR count). The Morgan fingerprint density at radius 3 is 2.26 bits per heavy atom. The number of carbonyl (C=O) groups is 1. The van der Waals surface area contributed by atoms with Gasteiger partial charge in [0.2, 0.25) is 0 Å². The quantitative estimate of drug-likeness (QED) is 0.898. The third kappa shape index (κ3) is 3.21. The van der Waals surface area contributed by atoms with E-state index in [1.807, 2.05) is 13.0 Å². The number of rotatable bonds is 5. The molecule has 0 fully saturated rings. The van der Waals surface area contributed by atoms with E-state index in [0.29, 0.717) is 17.9 Å². The first-order valence-corrected chi connectivity index (χ1v) is 6.67. The molecule has 106 valence electrons. The van der Waals surface area contributed by atoms with Crippen LogP contribution in [-0.2, 0) is 11.2 Å². The standard InChI is InChI=1S/C14H19BrO4/c1-8-10(15)6-9(7-14(2,3)13(16)17)12(19-5)11(8)18-4/h6H,7H2,1-5H3,(H,16,17). The van der Waals surface area contributed by atoms with E-state index in [0.717, 1.165) is 15.6 Å².